The monoisotopic (exact) mass is 513 g/mol. The van der Waals surface area contributed by atoms with E-state index in [1.165, 1.54) is 9.21 Å². The number of rotatable bonds is 4. The number of benzene rings is 1. The number of hydrogen-bond donors (Lipinski definition) is 0. The number of aryl methyl sites for hydroxylation is 2. The first-order valence-electron chi connectivity index (χ1n) is 12.2. The van der Waals surface area contributed by atoms with Crippen LogP contribution in [0.2, 0.25) is 0 Å². The summed E-state index contributed by atoms with van der Waals surface area (Å²) in [7, 11) is -3.53. The third-order valence-electron chi connectivity index (χ3n) is 6.91. The van der Waals surface area contributed by atoms with Crippen LogP contribution >= 0.6 is 0 Å². The number of piperazine rings is 1. The number of sulfonamides is 1. The van der Waals surface area contributed by atoms with Gasteiger partial charge in [0.25, 0.3) is 5.91 Å². The minimum Gasteiger partial charge on any atom is -0.444 e. The Morgan fingerprint density at radius 3 is 2.44 bits per heavy atom. The predicted molar refractivity (Wildman–Crippen MR) is 137 cm³/mol. The number of carbonyl (C=O) groups excluding carboxylic acids is 2. The Labute approximate surface area is 211 Å². The van der Waals surface area contributed by atoms with Crippen molar-refractivity contribution >= 4 is 39.2 Å². The summed E-state index contributed by atoms with van der Waals surface area (Å²) < 4.78 is 32.1. The lowest BCUT2D eigenvalue weighted by molar-refractivity contribution is 0.0747. The van der Waals surface area contributed by atoms with Crippen molar-refractivity contribution in [2.75, 3.05) is 59.1 Å². The van der Waals surface area contributed by atoms with Gasteiger partial charge in [-0.3, -0.25) is 14.0 Å². The average molecular weight is 514 g/mol. The van der Waals surface area contributed by atoms with Gasteiger partial charge in [0.15, 0.2) is 0 Å². The van der Waals surface area contributed by atoms with E-state index in [1.54, 1.807) is 30.0 Å². The highest BCUT2D eigenvalue weighted by Gasteiger charge is 2.35. The maximum Gasteiger partial charge on any atom is 0.414 e. The van der Waals surface area contributed by atoms with Gasteiger partial charge in [0.2, 0.25) is 10.0 Å². The van der Waals surface area contributed by atoms with Gasteiger partial charge < -0.3 is 14.5 Å². The Balaban J connectivity index is 1.41. The number of pyridine rings is 1. The van der Waals surface area contributed by atoms with Crippen molar-refractivity contribution < 1.29 is 22.7 Å². The van der Waals surface area contributed by atoms with Crippen molar-refractivity contribution in [1.82, 2.24) is 9.88 Å². The zero-order valence-electron chi connectivity index (χ0n) is 20.8. The molecule has 10 nitrogen and oxygen atoms in total. The lowest BCUT2D eigenvalue weighted by atomic mass is 10.1. The molecule has 11 heteroatoms. The highest BCUT2D eigenvalue weighted by molar-refractivity contribution is 7.93. The average Bonchev–Trinajstić information content (AvgIpc) is 3.38. The Morgan fingerprint density at radius 2 is 1.83 bits per heavy atom. The Kier molecular flexibility index (Phi) is 6.27. The van der Waals surface area contributed by atoms with Crippen LogP contribution in [0, 0.1) is 13.8 Å². The highest BCUT2D eigenvalue weighted by Crippen LogP contribution is 2.34. The summed E-state index contributed by atoms with van der Waals surface area (Å²) in [5, 5.41) is 0. The summed E-state index contributed by atoms with van der Waals surface area (Å²) in [4.78, 5) is 35.9. The van der Waals surface area contributed by atoms with Gasteiger partial charge in [-0.15, -0.1) is 0 Å². The number of amides is 2. The summed E-state index contributed by atoms with van der Waals surface area (Å²) in [6, 6.07) is 7.05. The molecule has 3 aliphatic rings. The lowest BCUT2D eigenvalue weighted by Gasteiger charge is -2.36. The van der Waals surface area contributed by atoms with E-state index in [2.05, 4.69) is 16.0 Å². The SMILES string of the molecule is Cc1cnc(N2CCN(C(=O)c3ccc(N4CC(C)OC4=O)cc3N3CCCS3(=O)=O)CC2)c(C)c1. The molecule has 2 aromatic rings. The van der Waals surface area contributed by atoms with Crippen LogP contribution in [-0.2, 0) is 14.8 Å². The number of cyclic esters (lactones) is 1. The summed E-state index contributed by atoms with van der Waals surface area (Å²) in [6.07, 6.45) is 1.60. The van der Waals surface area contributed by atoms with E-state index >= 15 is 0 Å². The zero-order chi connectivity index (χ0) is 25.6. The van der Waals surface area contributed by atoms with Crippen molar-refractivity contribution in [3.8, 4) is 0 Å². The van der Waals surface area contributed by atoms with Gasteiger partial charge in [-0.25, -0.2) is 18.2 Å². The van der Waals surface area contributed by atoms with Crippen LogP contribution in [0.5, 0.6) is 0 Å². The molecule has 0 N–H and O–H groups in total. The molecular formula is C25H31N5O5S. The van der Waals surface area contributed by atoms with E-state index in [1.807, 2.05) is 20.0 Å². The molecule has 0 spiro atoms. The molecule has 1 atom stereocenters. The summed E-state index contributed by atoms with van der Waals surface area (Å²) in [6.45, 7) is 8.78. The molecule has 0 saturated carbocycles. The van der Waals surface area contributed by atoms with Gasteiger partial charge in [0.05, 0.1) is 23.5 Å². The van der Waals surface area contributed by atoms with Crippen molar-refractivity contribution in [2.45, 2.75) is 33.3 Å². The van der Waals surface area contributed by atoms with Gasteiger partial charge >= 0.3 is 6.09 Å². The summed E-state index contributed by atoms with van der Waals surface area (Å²) >= 11 is 0. The maximum atomic E-state index is 13.7. The third-order valence-corrected chi connectivity index (χ3v) is 8.76. The minimum atomic E-state index is -3.53. The molecule has 0 bridgehead atoms. The van der Waals surface area contributed by atoms with Crippen molar-refractivity contribution in [3.05, 3.63) is 47.2 Å². The first kappa shape index (κ1) is 24.4. The maximum absolute atomic E-state index is 13.7. The van der Waals surface area contributed by atoms with Gasteiger partial charge in [-0.05, 0) is 56.5 Å². The number of nitrogens with zero attached hydrogens (tertiary/aromatic N) is 5. The molecule has 1 unspecified atom stereocenters. The predicted octanol–water partition coefficient (Wildman–Crippen LogP) is 2.55. The molecular weight excluding hydrogens is 482 g/mol. The topological polar surface area (TPSA) is 103 Å². The van der Waals surface area contributed by atoms with Crippen molar-refractivity contribution in [1.29, 1.82) is 0 Å². The Hall–Kier alpha value is -3.34. The first-order valence-corrected chi connectivity index (χ1v) is 13.8. The zero-order valence-corrected chi connectivity index (χ0v) is 21.6. The number of aromatic nitrogens is 1. The number of hydrogen-bond acceptors (Lipinski definition) is 7. The number of carbonyl (C=O) groups is 2. The van der Waals surface area contributed by atoms with E-state index in [-0.39, 0.29) is 17.8 Å². The van der Waals surface area contributed by atoms with Gasteiger partial charge in [0.1, 0.15) is 11.9 Å². The Morgan fingerprint density at radius 1 is 1.08 bits per heavy atom. The molecule has 3 saturated heterocycles. The summed E-state index contributed by atoms with van der Waals surface area (Å²) in [5.74, 6) is 0.742. The molecule has 0 aliphatic carbocycles. The van der Waals surface area contributed by atoms with E-state index in [0.29, 0.717) is 62.6 Å². The van der Waals surface area contributed by atoms with Crippen molar-refractivity contribution in [2.24, 2.45) is 0 Å². The quantitative estimate of drug-likeness (QED) is 0.619. The van der Waals surface area contributed by atoms with E-state index in [9.17, 15) is 18.0 Å². The first-order chi connectivity index (χ1) is 17.1. The van der Waals surface area contributed by atoms with Crippen LogP contribution in [0.15, 0.2) is 30.5 Å². The van der Waals surface area contributed by atoms with E-state index in [0.717, 1.165) is 16.9 Å². The molecule has 2 amide bonds. The fraction of sp³-hybridized carbons (Fsp3) is 0.480. The molecule has 192 valence electrons. The Bertz CT molecular complexity index is 1310. The van der Waals surface area contributed by atoms with Crippen LogP contribution < -0.4 is 14.1 Å². The number of ether oxygens (including phenoxy) is 1. The second-order valence-corrected chi connectivity index (χ2v) is 11.7. The molecule has 1 aromatic carbocycles. The van der Waals surface area contributed by atoms with Crippen LogP contribution in [0.3, 0.4) is 0 Å². The molecule has 4 heterocycles. The summed E-state index contributed by atoms with van der Waals surface area (Å²) in [5.41, 5.74) is 3.36. The molecule has 5 rings (SSSR count). The fourth-order valence-electron chi connectivity index (χ4n) is 5.13. The second kappa shape index (κ2) is 9.27. The van der Waals surface area contributed by atoms with Crippen LogP contribution in [0.25, 0.3) is 0 Å². The van der Waals surface area contributed by atoms with Crippen LogP contribution in [0.1, 0.15) is 34.8 Å². The molecule has 3 fully saturated rings. The minimum absolute atomic E-state index is 0.0369. The van der Waals surface area contributed by atoms with Crippen molar-refractivity contribution in [3.63, 3.8) is 0 Å². The smallest absolute Gasteiger partial charge is 0.414 e. The lowest BCUT2D eigenvalue weighted by Crippen LogP contribution is -2.49. The largest absolute Gasteiger partial charge is 0.444 e. The normalized spacial score (nSPS) is 21.8. The molecule has 36 heavy (non-hydrogen) atoms. The van der Waals surface area contributed by atoms with Gasteiger partial charge in [-0.1, -0.05) is 6.07 Å². The van der Waals surface area contributed by atoms with Gasteiger partial charge in [-0.2, -0.15) is 0 Å². The number of anilines is 3. The highest BCUT2D eigenvalue weighted by atomic mass is 32.2. The second-order valence-electron chi connectivity index (χ2n) is 9.68. The fourth-order valence-corrected chi connectivity index (χ4v) is 6.70. The molecule has 1 aromatic heterocycles. The molecule has 0 radical (unpaired) electrons. The molecule has 3 aliphatic heterocycles. The third kappa shape index (κ3) is 4.47. The van der Waals surface area contributed by atoms with E-state index < -0.39 is 16.1 Å². The van der Waals surface area contributed by atoms with E-state index in [4.69, 9.17) is 4.74 Å². The van der Waals surface area contributed by atoms with Crippen LogP contribution in [-0.4, -0.2) is 81.4 Å². The standard InChI is InChI=1S/C25H31N5O5S/c1-17-13-18(2)23(26-15-17)27-8-10-28(11-9-27)24(31)21-6-5-20(29-16-19(3)35-25(29)32)14-22(21)30-7-4-12-36(30,33)34/h5-6,13-15,19H,4,7-12,16H2,1-3H3. The van der Waals surface area contributed by atoms with Crippen LogP contribution in [0.4, 0.5) is 22.0 Å². The van der Waals surface area contributed by atoms with Gasteiger partial charge in [0, 0.05) is 44.6 Å².